The molecule has 1 amide bonds. The number of benzene rings is 1. The van der Waals surface area contributed by atoms with Crippen LogP contribution in [-0.2, 0) is 14.3 Å². The van der Waals surface area contributed by atoms with Crippen LogP contribution in [0.4, 0.5) is 0 Å². The number of carbonyl (C=O) groups excluding carboxylic acids is 2. The van der Waals surface area contributed by atoms with Gasteiger partial charge in [-0.2, -0.15) is 0 Å². The Bertz CT molecular complexity index is 490. The minimum absolute atomic E-state index is 0.238. The lowest BCUT2D eigenvalue weighted by atomic mass is 10.2. The van der Waals surface area contributed by atoms with Crippen LogP contribution in [0.2, 0.25) is 0 Å². The maximum Gasteiger partial charge on any atom is 0.344 e. The van der Waals surface area contributed by atoms with E-state index in [2.05, 4.69) is 21.2 Å². The largest absolute Gasteiger partial charge is 0.482 e. The summed E-state index contributed by atoms with van der Waals surface area (Å²) in [6.45, 7) is 5.83. The second-order valence-electron chi connectivity index (χ2n) is 5.02. The number of hydrogen-bond acceptors (Lipinski definition) is 4. The van der Waals surface area contributed by atoms with Gasteiger partial charge in [-0.25, -0.2) is 4.79 Å². The predicted molar refractivity (Wildman–Crippen MR) is 83.0 cm³/mol. The van der Waals surface area contributed by atoms with Crippen molar-refractivity contribution in [1.82, 2.24) is 5.32 Å². The van der Waals surface area contributed by atoms with Gasteiger partial charge in [0.2, 0.25) is 0 Å². The summed E-state index contributed by atoms with van der Waals surface area (Å²) in [5.41, 5.74) is 0. The number of esters is 1. The van der Waals surface area contributed by atoms with Crippen LogP contribution < -0.4 is 10.1 Å². The van der Waals surface area contributed by atoms with Crippen molar-refractivity contribution in [3.63, 3.8) is 0 Å². The normalized spacial score (nSPS) is 11.9. The van der Waals surface area contributed by atoms with Gasteiger partial charge >= 0.3 is 5.97 Å². The van der Waals surface area contributed by atoms with Gasteiger partial charge < -0.3 is 14.8 Å². The summed E-state index contributed by atoms with van der Waals surface area (Å²) in [7, 11) is 0. The molecule has 0 radical (unpaired) electrons. The van der Waals surface area contributed by atoms with Gasteiger partial charge in [-0.1, -0.05) is 35.8 Å². The lowest BCUT2D eigenvalue weighted by Crippen LogP contribution is -2.38. The number of hydrogen-bond donors (Lipinski definition) is 1. The van der Waals surface area contributed by atoms with Crippen molar-refractivity contribution in [1.29, 1.82) is 0 Å². The van der Waals surface area contributed by atoms with Gasteiger partial charge in [-0.3, -0.25) is 4.79 Å². The van der Waals surface area contributed by atoms with Gasteiger partial charge in [0.1, 0.15) is 5.75 Å². The van der Waals surface area contributed by atoms with E-state index in [-0.39, 0.29) is 12.5 Å². The molecule has 0 saturated heterocycles. The Morgan fingerprint density at radius 1 is 1.29 bits per heavy atom. The first-order valence-corrected chi connectivity index (χ1v) is 7.53. The first-order valence-electron chi connectivity index (χ1n) is 6.74. The highest BCUT2D eigenvalue weighted by atomic mass is 79.9. The standard InChI is InChI=1S/C15H20BrNO4/c1-10(2)8-17-15(19)11(3)21-14(18)9-20-13-6-4-5-12(16)7-13/h4-7,10-11H,8-9H2,1-3H3,(H,17,19). The molecule has 6 heteroatoms. The van der Waals surface area contributed by atoms with Crippen LogP contribution in [0, 0.1) is 5.92 Å². The summed E-state index contributed by atoms with van der Waals surface area (Å²) in [5, 5.41) is 2.71. The fourth-order valence-corrected chi connectivity index (χ4v) is 1.81. The van der Waals surface area contributed by atoms with Gasteiger partial charge in [0.15, 0.2) is 12.7 Å². The Labute approximate surface area is 133 Å². The minimum Gasteiger partial charge on any atom is -0.482 e. The fourth-order valence-electron chi connectivity index (χ4n) is 1.43. The molecular formula is C15H20BrNO4. The maximum atomic E-state index is 11.7. The highest BCUT2D eigenvalue weighted by molar-refractivity contribution is 9.10. The number of carbonyl (C=O) groups is 2. The smallest absolute Gasteiger partial charge is 0.344 e. The topological polar surface area (TPSA) is 64.6 Å². The molecule has 0 fully saturated rings. The van der Waals surface area contributed by atoms with Crippen LogP contribution in [0.15, 0.2) is 28.7 Å². The molecule has 1 rings (SSSR count). The lowest BCUT2D eigenvalue weighted by Gasteiger charge is -2.14. The first kappa shape index (κ1) is 17.5. The van der Waals surface area contributed by atoms with Crippen molar-refractivity contribution in [2.75, 3.05) is 13.2 Å². The molecule has 1 N–H and O–H groups in total. The van der Waals surface area contributed by atoms with Crippen molar-refractivity contribution in [3.05, 3.63) is 28.7 Å². The summed E-state index contributed by atoms with van der Waals surface area (Å²) < 4.78 is 11.2. The molecule has 21 heavy (non-hydrogen) atoms. The van der Waals surface area contributed by atoms with Gasteiger partial charge in [0.05, 0.1) is 0 Å². The molecule has 0 aliphatic heterocycles. The van der Waals surface area contributed by atoms with E-state index < -0.39 is 12.1 Å². The maximum absolute atomic E-state index is 11.7. The zero-order valence-corrected chi connectivity index (χ0v) is 14.0. The zero-order valence-electron chi connectivity index (χ0n) is 12.4. The third kappa shape index (κ3) is 7.13. The van der Waals surface area contributed by atoms with Crippen molar-refractivity contribution in [2.45, 2.75) is 26.9 Å². The Hall–Kier alpha value is -1.56. The average Bonchev–Trinajstić information content (AvgIpc) is 2.42. The van der Waals surface area contributed by atoms with Crippen LogP contribution in [-0.4, -0.2) is 31.1 Å². The van der Waals surface area contributed by atoms with E-state index in [9.17, 15) is 9.59 Å². The second kappa shape index (κ2) is 8.67. The van der Waals surface area contributed by atoms with Crippen LogP contribution in [0.5, 0.6) is 5.75 Å². The molecular weight excluding hydrogens is 338 g/mol. The molecule has 0 spiro atoms. The minimum atomic E-state index is -0.831. The zero-order chi connectivity index (χ0) is 15.8. The van der Waals surface area contributed by atoms with E-state index in [1.54, 1.807) is 18.2 Å². The molecule has 0 aliphatic rings. The average molecular weight is 358 g/mol. The molecule has 1 aromatic rings. The molecule has 0 heterocycles. The van der Waals surface area contributed by atoms with Gasteiger partial charge in [-0.05, 0) is 31.0 Å². The van der Waals surface area contributed by atoms with Crippen molar-refractivity contribution < 1.29 is 19.1 Å². The number of halogens is 1. The monoisotopic (exact) mass is 357 g/mol. The lowest BCUT2D eigenvalue weighted by molar-refractivity contribution is -0.156. The summed E-state index contributed by atoms with van der Waals surface area (Å²) in [6.07, 6.45) is -0.831. The van der Waals surface area contributed by atoms with Crippen molar-refractivity contribution in [3.8, 4) is 5.75 Å². The van der Waals surface area contributed by atoms with Crippen LogP contribution >= 0.6 is 15.9 Å². The third-order valence-corrected chi connectivity index (χ3v) is 3.01. The van der Waals surface area contributed by atoms with E-state index in [1.807, 2.05) is 19.9 Å². The molecule has 116 valence electrons. The van der Waals surface area contributed by atoms with E-state index >= 15 is 0 Å². The van der Waals surface area contributed by atoms with Crippen LogP contribution in [0.25, 0.3) is 0 Å². The van der Waals surface area contributed by atoms with E-state index in [4.69, 9.17) is 9.47 Å². The Balaban J connectivity index is 2.34. The van der Waals surface area contributed by atoms with E-state index in [1.165, 1.54) is 6.92 Å². The summed E-state index contributed by atoms with van der Waals surface area (Å²) in [6, 6.07) is 7.13. The second-order valence-corrected chi connectivity index (χ2v) is 5.93. The first-order chi connectivity index (χ1) is 9.88. The molecule has 0 aromatic heterocycles. The molecule has 1 aromatic carbocycles. The summed E-state index contributed by atoms with van der Waals surface area (Å²) in [5.74, 6) is 0.0108. The SMILES string of the molecule is CC(C)CNC(=O)C(C)OC(=O)COc1cccc(Br)c1. The molecule has 0 saturated carbocycles. The Morgan fingerprint density at radius 3 is 2.62 bits per heavy atom. The van der Waals surface area contributed by atoms with Crippen LogP contribution in [0.3, 0.4) is 0 Å². The summed E-state index contributed by atoms with van der Waals surface area (Å²) in [4.78, 5) is 23.3. The van der Waals surface area contributed by atoms with Gasteiger partial charge in [-0.15, -0.1) is 0 Å². The van der Waals surface area contributed by atoms with Crippen LogP contribution in [0.1, 0.15) is 20.8 Å². The molecule has 0 bridgehead atoms. The van der Waals surface area contributed by atoms with E-state index in [0.29, 0.717) is 18.2 Å². The Kier molecular flexibility index (Phi) is 7.22. The van der Waals surface area contributed by atoms with E-state index in [0.717, 1.165) is 4.47 Å². The number of ether oxygens (including phenoxy) is 2. The van der Waals surface area contributed by atoms with Crippen molar-refractivity contribution >= 4 is 27.8 Å². The molecule has 5 nitrogen and oxygen atoms in total. The van der Waals surface area contributed by atoms with Gasteiger partial charge in [0.25, 0.3) is 5.91 Å². The molecule has 1 unspecified atom stereocenters. The highest BCUT2D eigenvalue weighted by Gasteiger charge is 2.18. The predicted octanol–water partition coefficient (Wildman–Crippen LogP) is 2.53. The fraction of sp³-hybridized carbons (Fsp3) is 0.467. The number of rotatable bonds is 7. The van der Waals surface area contributed by atoms with Crippen molar-refractivity contribution in [2.24, 2.45) is 5.92 Å². The van der Waals surface area contributed by atoms with Gasteiger partial charge in [0, 0.05) is 11.0 Å². The Morgan fingerprint density at radius 2 is 2.00 bits per heavy atom. The summed E-state index contributed by atoms with van der Waals surface area (Å²) >= 11 is 3.31. The third-order valence-electron chi connectivity index (χ3n) is 2.51. The molecule has 1 atom stereocenters. The number of amides is 1. The highest BCUT2D eigenvalue weighted by Crippen LogP contribution is 2.17. The number of nitrogens with one attached hydrogen (secondary N) is 1. The quantitative estimate of drug-likeness (QED) is 0.761. The molecule has 0 aliphatic carbocycles.